The Bertz CT molecular complexity index is 997. The summed E-state index contributed by atoms with van der Waals surface area (Å²) in [6.07, 6.45) is 13.6. The van der Waals surface area contributed by atoms with Crippen molar-refractivity contribution in [2.45, 2.75) is 96.1 Å². The second-order valence-corrected chi connectivity index (χ2v) is 11.4. The molecule has 0 bridgehead atoms. The lowest BCUT2D eigenvalue weighted by atomic mass is 9.77. The number of alkyl halides is 3. The van der Waals surface area contributed by atoms with Gasteiger partial charge in [-0.05, 0) is 117 Å². The molecule has 0 heterocycles. The van der Waals surface area contributed by atoms with Gasteiger partial charge >= 0.3 is 6.18 Å². The van der Waals surface area contributed by atoms with Gasteiger partial charge < -0.3 is 0 Å². The van der Waals surface area contributed by atoms with Crippen LogP contribution < -0.4 is 0 Å². The van der Waals surface area contributed by atoms with Gasteiger partial charge in [0.15, 0.2) is 0 Å². The minimum atomic E-state index is -5.04. The molecule has 2 fully saturated rings. The van der Waals surface area contributed by atoms with Gasteiger partial charge in [-0.1, -0.05) is 56.2 Å². The molecule has 0 nitrogen and oxygen atoms in total. The third kappa shape index (κ3) is 7.91. The van der Waals surface area contributed by atoms with E-state index in [0.29, 0.717) is 12.3 Å². The molecule has 0 aromatic heterocycles. The summed E-state index contributed by atoms with van der Waals surface area (Å²) in [7, 11) is 0. The first-order valence-electron chi connectivity index (χ1n) is 14.0. The fourth-order valence-corrected chi connectivity index (χ4v) is 6.17. The average molecular weight is 519 g/mol. The molecule has 2 aliphatic rings. The van der Waals surface area contributed by atoms with Gasteiger partial charge in [-0.15, -0.1) is 0 Å². The maximum atomic E-state index is 13.8. The van der Waals surface area contributed by atoms with E-state index in [2.05, 4.69) is 31.2 Å². The molecular formula is C32H39F5. The van der Waals surface area contributed by atoms with Crippen LogP contribution in [0.5, 0.6) is 0 Å². The molecular weight excluding hydrogens is 479 g/mol. The van der Waals surface area contributed by atoms with Gasteiger partial charge in [-0.2, -0.15) is 13.2 Å². The summed E-state index contributed by atoms with van der Waals surface area (Å²) in [6.45, 7) is 2.37. The molecule has 37 heavy (non-hydrogen) atoms. The van der Waals surface area contributed by atoms with Crippen molar-refractivity contribution in [1.29, 1.82) is 0 Å². The highest BCUT2D eigenvalue weighted by Crippen LogP contribution is 2.38. The van der Waals surface area contributed by atoms with Crippen LogP contribution in [-0.2, 0) is 19.0 Å². The van der Waals surface area contributed by atoms with Crippen LogP contribution in [0.4, 0.5) is 22.0 Å². The highest BCUT2D eigenvalue weighted by Gasteiger charge is 2.37. The third-order valence-electron chi connectivity index (χ3n) is 8.60. The quantitative estimate of drug-likeness (QED) is 0.241. The summed E-state index contributed by atoms with van der Waals surface area (Å²) in [5.41, 5.74) is 0.757. The highest BCUT2D eigenvalue weighted by molar-refractivity contribution is 5.30. The molecule has 2 aromatic rings. The lowest BCUT2D eigenvalue weighted by Gasteiger charge is -2.29. The van der Waals surface area contributed by atoms with E-state index in [1.807, 2.05) is 12.1 Å². The fourth-order valence-electron chi connectivity index (χ4n) is 6.17. The van der Waals surface area contributed by atoms with Crippen LogP contribution in [0.1, 0.15) is 99.3 Å². The molecule has 0 unspecified atom stereocenters. The summed E-state index contributed by atoms with van der Waals surface area (Å²) in [6, 6.07) is 9.95. The van der Waals surface area contributed by atoms with Crippen LogP contribution in [0.25, 0.3) is 0 Å². The smallest absolute Gasteiger partial charge is 0.206 e. The molecule has 202 valence electrons. The molecule has 0 radical (unpaired) electrons. The predicted octanol–water partition coefficient (Wildman–Crippen LogP) is 10.2. The normalized spacial score (nSPS) is 25.0. The number of hydrogen-bond donors (Lipinski definition) is 0. The zero-order chi connectivity index (χ0) is 26.4. The van der Waals surface area contributed by atoms with Gasteiger partial charge in [0, 0.05) is 0 Å². The first-order chi connectivity index (χ1) is 17.7. The second-order valence-electron chi connectivity index (χ2n) is 11.4. The van der Waals surface area contributed by atoms with Crippen LogP contribution in [0.3, 0.4) is 0 Å². The number of aryl methyl sites for hydroxylation is 2. The van der Waals surface area contributed by atoms with E-state index in [0.717, 1.165) is 35.4 Å². The molecule has 0 aliphatic heterocycles. The summed E-state index contributed by atoms with van der Waals surface area (Å²) < 4.78 is 66.0. The van der Waals surface area contributed by atoms with Crippen molar-refractivity contribution in [2.24, 2.45) is 17.8 Å². The van der Waals surface area contributed by atoms with Gasteiger partial charge in [-0.25, -0.2) is 8.78 Å². The fraction of sp³-hybridized carbons (Fsp3) is 0.562. The van der Waals surface area contributed by atoms with Crippen LogP contribution in [0, 0.1) is 29.4 Å². The topological polar surface area (TPSA) is 0 Å². The Labute approximate surface area is 218 Å². The van der Waals surface area contributed by atoms with Crippen LogP contribution >= 0.6 is 0 Å². The van der Waals surface area contributed by atoms with E-state index < -0.39 is 23.4 Å². The maximum absolute atomic E-state index is 13.8. The number of benzene rings is 2. The Morgan fingerprint density at radius 2 is 1.38 bits per heavy atom. The van der Waals surface area contributed by atoms with Crippen molar-refractivity contribution < 1.29 is 22.0 Å². The number of hydrogen-bond acceptors (Lipinski definition) is 0. The summed E-state index contributed by atoms with van der Waals surface area (Å²) >= 11 is 0. The molecule has 4 rings (SSSR count). The molecule has 2 aromatic carbocycles. The number of allylic oxidation sites excluding steroid dienone is 2. The molecule has 0 spiro atoms. The highest BCUT2D eigenvalue weighted by atomic mass is 19.4. The van der Waals surface area contributed by atoms with Crippen molar-refractivity contribution in [1.82, 2.24) is 0 Å². The molecule has 0 atom stereocenters. The minimum Gasteiger partial charge on any atom is -0.206 e. The Hall–Kier alpha value is -2.17. The van der Waals surface area contributed by atoms with Crippen molar-refractivity contribution in [3.8, 4) is 0 Å². The van der Waals surface area contributed by atoms with Crippen molar-refractivity contribution >= 4 is 0 Å². The Kier molecular flexibility index (Phi) is 9.47. The van der Waals surface area contributed by atoms with E-state index in [4.69, 9.17) is 0 Å². The molecule has 0 N–H and O–H groups in total. The largest absolute Gasteiger partial charge is 0.422 e. The van der Waals surface area contributed by atoms with Gasteiger partial charge in [0.05, 0.1) is 0 Å². The maximum Gasteiger partial charge on any atom is 0.422 e. The predicted molar refractivity (Wildman–Crippen MR) is 139 cm³/mol. The summed E-state index contributed by atoms with van der Waals surface area (Å²) in [5.74, 6) is -0.0150. The van der Waals surface area contributed by atoms with E-state index in [-0.39, 0.29) is 12.0 Å². The lowest BCUT2D eigenvalue weighted by Crippen LogP contribution is -2.13. The Balaban J connectivity index is 1.20. The summed E-state index contributed by atoms with van der Waals surface area (Å²) in [4.78, 5) is 0. The number of halogens is 5. The van der Waals surface area contributed by atoms with Crippen molar-refractivity contribution in [3.63, 3.8) is 0 Å². The molecule has 0 amide bonds. The van der Waals surface area contributed by atoms with Gasteiger partial charge in [0.1, 0.15) is 17.2 Å². The average Bonchev–Trinajstić information content (AvgIpc) is 2.86. The molecule has 2 aliphatic carbocycles. The van der Waals surface area contributed by atoms with E-state index >= 15 is 0 Å². The van der Waals surface area contributed by atoms with Crippen LogP contribution in [0.15, 0.2) is 48.6 Å². The minimum absolute atomic E-state index is 0.230. The van der Waals surface area contributed by atoms with Crippen LogP contribution in [-0.4, -0.2) is 0 Å². The second kappa shape index (κ2) is 12.6. The number of rotatable bonds is 8. The van der Waals surface area contributed by atoms with Gasteiger partial charge in [0.25, 0.3) is 0 Å². The van der Waals surface area contributed by atoms with E-state index in [9.17, 15) is 22.0 Å². The monoisotopic (exact) mass is 518 g/mol. The first-order valence-corrected chi connectivity index (χ1v) is 14.0. The Morgan fingerprint density at radius 1 is 0.784 bits per heavy atom. The van der Waals surface area contributed by atoms with Crippen molar-refractivity contribution in [3.05, 3.63) is 82.4 Å². The SMILES string of the molecule is CC1CCC(/C=C/CCC2CCC(c3ccc(CCc4cc(F)c(C(F)(F)F)c(F)c4)cc3)CC2)CC1. The molecule has 0 saturated heterocycles. The van der Waals surface area contributed by atoms with E-state index in [1.54, 1.807) is 0 Å². The zero-order valence-electron chi connectivity index (χ0n) is 21.8. The third-order valence-corrected chi connectivity index (χ3v) is 8.60. The molecule has 5 heteroatoms. The summed E-state index contributed by atoms with van der Waals surface area (Å²) in [5, 5.41) is 0. The lowest BCUT2D eigenvalue weighted by molar-refractivity contribution is -0.142. The van der Waals surface area contributed by atoms with E-state index in [1.165, 1.54) is 69.8 Å². The van der Waals surface area contributed by atoms with Crippen molar-refractivity contribution in [2.75, 3.05) is 0 Å². The first kappa shape index (κ1) is 27.9. The van der Waals surface area contributed by atoms with Crippen LogP contribution in [0.2, 0.25) is 0 Å². The van der Waals surface area contributed by atoms with Gasteiger partial charge in [-0.3, -0.25) is 0 Å². The standard InChI is InChI=1S/C32H39F5/c1-22-6-8-23(9-7-22)4-2-3-5-24-12-16-27(17-13-24)28-18-14-25(15-19-28)10-11-26-20-29(33)31(30(34)21-26)32(35,36)37/h2,4,14-15,18-24,27H,3,5-13,16-17H2,1H3/b4-2+. The zero-order valence-corrected chi connectivity index (χ0v) is 21.8. The van der Waals surface area contributed by atoms with Gasteiger partial charge in [0.2, 0.25) is 0 Å². The Morgan fingerprint density at radius 3 is 1.97 bits per heavy atom. The molecule has 2 saturated carbocycles.